The highest BCUT2D eigenvalue weighted by atomic mass is 19.1. The van der Waals surface area contributed by atoms with Gasteiger partial charge in [-0.3, -0.25) is 9.48 Å². The van der Waals surface area contributed by atoms with E-state index in [0.717, 1.165) is 17.1 Å². The first-order valence-electron chi connectivity index (χ1n) is 12.2. The number of hydrogen-bond acceptors (Lipinski definition) is 7. The van der Waals surface area contributed by atoms with Gasteiger partial charge >= 0.3 is 6.09 Å². The maximum absolute atomic E-state index is 14.5. The Morgan fingerprint density at radius 1 is 1.13 bits per heavy atom. The first-order chi connectivity index (χ1) is 18.0. The number of benzene rings is 2. The normalized spacial score (nSPS) is 14.4. The monoisotopic (exact) mass is 526 g/mol. The number of carbonyl (C=O) groups excluding carboxylic acids is 2. The third-order valence-corrected chi connectivity index (χ3v) is 6.15. The number of hydrogen-bond donors (Lipinski definition) is 1. The maximum atomic E-state index is 14.5. The van der Waals surface area contributed by atoms with Crippen molar-refractivity contribution in [1.82, 2.24) is 19.7 Å². The Bertz CT molecular complexity index is 1530. The Labute approximate surface area is 217 Å². The summed E-state index contributed by atoms with van der Waals surface area (Å²) in [6, 6.07) is 6.02. The number of ether oxygens (including phenoxy) is 1. The van der Waals surface area contributed by atoms with Crippen molar-refractivity contribution < 1.29 is 27.5 Å². The van der Waals surface area contributed by atoms with Crippen molar-refractivity contribution in [3.8, 4) is 0 Å². The number of alkyl halides is 1. The van der Waals surface area contributed by atoms with Gasteiger partial charge in [0.15, 0.2) is 18.1 Å². The number of nitrogens with zero attached hydrogens (tertiary/aromatic N) is 5. The molecule has 1 saturated heterocycles. The number of rotatable bonds is 4. The summed E-state index contributed by atoms with van der Waals surface area (Å²) in [4.78, 5) is 33.2. The maximum Gasteiger partial charge on any atom is 0.410 e. The fourth-order valence-corrected chi connectivity index (χ4v) is 4.48. The fraction of sp³-hybridized carbons (Fsp3) is 0.385. The van der Waals surface area contributed by atoms with E-state index < -0.39 is 24.0 Å². The van der Waals surface area contributed by atoms with Crippen molar-refractivity contribution in [1.29, 1.82) is 0 Å². The second-order valence-electron chi connectivity index (χ2n) is 10.2. The number of halogens is 2. The lowest BCUT2D eigenvalue weighted by atomic mass is 10.1. The fourth-order valence-electron chi connectivity index (χ4n) is 4.48. The van der Waals surface area contributed by atoms with E-state index in [1.165, 1.54) is 6.07 Å². The van der Waals surface area contributed by atoms with Crippen LogP contribution in [0, 0.1) is 5.82 Å². The number of oxazole rings is 1. The molecule has 2 aromatic heterocycles. The third-order valence-electron chi connectivity index (χ3n) is 6.15. The number of piperazine rings is 1. The predicted molar refractivity (Wildman–Crippen MR) is 137 cm³/mol. The highest BCUT2D eigenvalue weighted by molar-refractivity contribution is 6.14. The van der Waals surface area contributed by atoms with Gasteiger partial charge in [0.1, 0.15) is 16.6 Å². The molecule has 3 heterocycles. The van der Waals surface area contributed by atoms with E-state index in [9.17, 15) is 18.4 Å². The lowest BCUT2D eigenvalue weighted by molar-refractivity contribution is 0.0240. The molecule has 1 fully saturated rings. The van der Waals surface area contributed by atoms with E-state index in [1.807, 2.05) is 33.0 Å². The van der Waals surface area contributed by atoms with Crippen LogP contribution in [0.3, 0.4) is 0 Å². The van der Waals surface area contributed by atoms with Crippen molar-refractivity contribution in [2.24, 2.45) is 7.05 Å². The molecule has 4 aromatic rings. The molecule has 0 radical (unpaired) electrons. The highest BCUT2D eigenvalue weighted by Gasteiger charge is 2.27. The van der Waals surface area contributed by atoms with Crippen LogP contribution in [0.15, 0.2) is 34.9 Å². The summed E-state index contributed by atoms with van der Waals surface area (Å²) in [5.41, 5.74) is 1.21. The van der Waals surface area contributed by atoms with Gasteiger partial charge in [0, 0.05) is 62.3 Å². The Morgan fingerprint density at radius 3 is 2.55 bits per heavy atom. The smallest absolute Gasteiger partial charge is 0.410 e. The second-order valence-corrected chi connectivity index (χ2v) is 10.2. The molecule has 1 aliphatic rings. The first-order valence-corrected chi connectivity index (χ1v) is 12.2. The lowest BCUT2D eigenvalue weighted by Gasteiger charge is -2.37. The number of aryl methyl sites for hydroxylation is 1. The van der Waals surface area contributed by atoms with E-state index in [0.29, 0.717) is 37.3 Å². The third kappa shape index (κ3) is 4.98. The molecule has 2 amide bonds. The van der Waals surface area contributed by atoms with Crippen LogP contribution in [-0.2, 0) is 18.5 Å². The van der Waals surface area contributed by atoms with Gasteiger partial charge in [-0.2, -0.15) is 5.10 Å². The molecule has 38 heavy (non-hydrogen) atoms. The van der Waals surface area contributed by atoms with Gasteiger partial charge in [0.2, 0.25) is 5.89 Å². The average Bonchev–Trinajstić information content (AvgIpc) is 3.45. The molecule has 200 valence electrons. The summed E-state index contributed by atoms with van der Waals surface area (Å²) in [5, 5.41) is 7.94. The molecule has 5 rings (SSSR count). The summed E-state index contributed by atoms with van der Waals surface area (Å²) >= 11 is 0. The van der Waals surface area contributed by atoms with Gasteiger partial charge in [-0.25, -0.2) is 18.6 Å². The van der Waals surface area contributed by atoms with E-state index in [2.05, 4.69) is 20.3 Å². The van der Waals surface area contributed by atoms with E-state index in [1.54, 1.807) is 22.7 Å². The minimum Gasteiger partial charge on any atom is -0.444 e. The van der Waals surface area contributed by atoms with Gasteiger partial charge in [0.25, 0.3) is 5.91 Å². The summed E-state index contributed by atoms with van der Waals surface area (Å²) < 4.78 is 39.7. The van der Waals surface area contributed by atoms with Crippen molar-refractivity contribution in [2.45, 2.75) is 33.0 Å². The van der Waals surface area contributed by atoms with Crippen molar-refractivity contribution in [3.63, 3.8) is 0 Å². The molecule has 1 N–H and O–H groups in total. The van der Waals surface area contributed by atoms with Gasteiger partial charge in [-0.15, -0.1) is 0 Å². The molecule has 0 atom stereocenters. The zero-order valence-electron chi connectivity index (χ0n) is 21.5. The van der Waals surface area contributed by atoms with Gasteiger partial charge in [-0.05, 0) is 39.0 Å². The van der Waals surface area contributed by atoms with Crippen LogP contribution in [0.4, 0.5) is 25.0 Å². The minimum absolute atomic E-state index is 0.0387. The van der Waals surface area contributed by atoms with E-state index in [4.69, 9.17) is 9.15 Å². The van der Waals surface area contributed by atoms with E-state index in [-0.39, 0.29) is 28.8 Å². The number of fused-ring (bicyclic) bond motifs is 2. The first kappa shape index (κ1) is 25.4. The van der Waals surface area contributed by atoms with Crippen molar-refractivity contribution >= 4 is 45.4 Å². The lowest BCUT2D eigenvalue weighted by Crippen LogP contribution is -2.50. The number of aromatic nitrogens is 3. The molecule has 0 bridgehead atoms. The van der Waals surface area contributed by atoms with Crippen LogP contribution < -0.4 is 10.2 Å². The van der Waals surface area contributed by atoms with Gasteiger partial charge in [0.05, 0.1) is 5.56 Å². The second kappa shape index (κ2) is 9.58. The van der Waals surface area contributed by atoms with Gasteiger partial charge < -0.3 is 24.3 Å². The average molecular weight is 527 g/mol. The quantitative estimate of drug-likeness (QED) is 0.413. The SMILES string of the molecule is Cn1cc2c(N3CCN(C(=O)OC(C)(C)C)CC3)ccc(C(=O)Nc3cc(F)c4nc(CF)oc4c3)c2n1. The van der Waals surface area contributed by atoms with Crippen molar-refractivity contribution in [2.75, 3.05) is 36.4 Å². The zero-order chi connectivity index (χ0) is 27.2. The molecule has 0 saturated carbocycles. The number of nitrogens with one attached hydrogen (secondary N) is 1. The number of carbonyl (C=O) groups is 2. The summed E-state index contributed by atoms with van der Waals surface area (Å²) in [6.07, 6.45) is 1.50. The summed E-state index contributed by atoms with van der Waals surface area (Å²) in [6.45, 7) is 6.72. The predicted octanol–water partition coefficient (Wildman–Crippen LogP) is 4.63. The van der Waals surface area contributed by atoms with Crippen LogP contribution in [-0.4, -0.2) is 63.4 Å². The Balaban J connectivity index is 1.37. The van der Waals surface area contributed by atoms with Crippen LogP contribution in [0.25, 0.3) is 22.0 Å². The number of anilines is 2. The summed E-state index contributed by atoms with van der Waals surface area (Å²) in [7, 11) is 1.77. The molecular weight excluding hydrogens is 498 g/mol. The molecule has 0 spiro atoms. The molecule has 1 aliphatic heterocycles. The number of amides is 2. The van der Waals surface area contributed by atoms with Crippen LogP contribution in [0.2, 0.25) is 0 Å². The topological polar surface area (TPSA) is 106 Å². The minimum atomic E-state index is -0.962. The molecule has 0 aliphatic carbocycles. The standard InChI is InChI=1S/C26H28F2N6O4/c1-26(2,3)38-25(36)34-9-7-33(8-10-34)19-6-5-16(22-17(19)14-32(4)31-22)24(35)29-15-11-18(28)23-20(12-15)37-21(13-27)30-23/h5-6,11-12,14H,7-10,13H2,1-4H3,(H,29,35). The summed E-state index contributed by atoms with van der Waals surface area (Å²) in [5.74, 6) is -1.45. The molecular formula is C26H28F2N6O4. The molecule has 10 nitrogen and oxygen atoms in total. The Kier molecular flexibility index (Phi) is 6.41. The van der Waals surface area contributed by atoms with Crippen LogP contribution in [0.5, 0.6) is 0 Å². The zero-order valence-corrected chi connectivity index (χ0v) is 21.5. The molecule has 0 unspecified atom stereocenters. The highest BCUT2D eigenvalue weighted by Crippen LogP contribution is 2.31. The van der Waals surface area contributed by atoms with Crippen LogP contribution >= 0.6 is 0 Å². The van der Waals surface area contributed by atoms with Crippen LogP contribution in [0.1, 0.15) is 37.0 Å². The Morgan fingerprint density at radius 2 is 1.87 bits per heavy atom. The Hall–Kier alpha value is -4.22. The molecule has 2 aromatic carbocycles. The van der Waals surface area contributed by atoms with E-state index >= 15 is 0 Å². The van der Waals surface area contributed by atoms with Gasteiger partial charge in [-0.1, -0.05) is 0 Å². The van der Waals surface area contributed by atoms with Crippen molar-refractivity contribution in [3.05, 3.63) is 47.7 Å². The molecule has 12 heteroatoms. The largest absolute Gasteiger partial charge is 0.444 e.